The van der Waals surface area contributed by atoms with Crippen molar-refractivity contribution in [3.63, 3.8) is 0 Å². The first-order chi connectivity index (χ1) is 12.5. The SMILES string of the molecule is CCC(C)[C@H](NC(=O)NCC(c1ccccc1)c1ccccc1)C(=O)O. The van der Waals surface area contributed by atoms with Crippen LogP contribution in [0, 0.1) is 5.92 Å². The molecule has 2 atom stereocenters. The number of hydrogen-bond donors (Lipinski definition) is 3. The highest BCUT2D eigenvalue weighted by molar-refractivity contribution is 5.82. The maximum atomic E-state index is 12.3. The van der Waals surface area contributed by atoms with Crippen LogP contribution in [0.4, 0.5) is 4.79 Å². The van der Waals surface area contributed by atoms with Crippen molar-refractivity contribution in [2.24, 2.45) is 5.92 Å². The van der Waals surface area contributed by atoms with E-state index >= 15 is 0 Å². The van der Waals surface area contributed by atoms with Gasteiger partial charge < -0.3 is 15.7 Å². The predicted molar refractivity (Wildman–Crippen MR) is 102 cm³/mol. The standard InChI is InChI=1S/C21H26N2O3/c1-3-15(2)19(20(24)25)23-21(26)22-14-18(16-10-6-4-7-11-16)17-12-8-5-9-13-17/h4-13,15,18-19H,3,14H2,1-2H3,(H,24,25)(H2,22,23,26)/t15?,19-/m0/s1. The molecule has 0 bridgehead atoms. The van der Waals surface area contributed by atoms with E-state index in [1.165, 1.54) is 0 Å². The topological polar surface area (TPSA) is 78.4 Å². The molecule has 5 nitrogen and oxygen atoms in total. The molecule has 0 aliphatic rings. The first kappa shape index (κ1) is 19.5. The lowest BCUT2D eigenvalue weighted by Gasteiger charge is -2.22. The fraction of sp³-hybridized carbons (Fsp3) is 0.333. The summed E-state index contributed by atoms with van der Waals surface area (Å²) in [5, 5.41) is 14.7. The third-order valence-corrected chi connectivity index (χ3v) is 4.64. The Bertz CT molecular complexity index is 664. The first-order valence-corrected chi connectivity index (χ1v) is 8.90. The molecule has 0 spiro atoms. The Hall–Kier alpha value is -2.82. The van der Waals surface area contributed by atoms with Crippen molar-refractivity contribution in [1.29, 1.82) is 0 Å². The van der Waals surface area contributed by atoms with E-state index in [1.807, 2.05) is 74.5 Å². The van der Waals surface area contributed by atoms with Gasteiger partial charge in [0, 0.05) is 12.5 Å². The number of nitrogens with one attached hydrogen (secondary N) is 2. The molecule has 0 saturated heterocycles. The van der Waals surface area contributed by atoms with Gasteiger partial charge in [-0.1, -0.05) is 80.9 Å². The van der Waals surface area contributed by atoms with Crippen LogP contribution in [0.1, 0.15) is 37.3 Å². The molecular weight excluding hydrogens is 328 g/mol. The lowest BCUT2D eigenvalue weighted by Crippen LogP contribution is -2.49. The maximum Gasteiger partial charge on any atom is 0.326 e. The van der Waals surface area contributed by atoms with Crippen molar-refractivity contribution in [2.75, 3.05) is 6.54 Å². The Morgan fingerprint density at radius 2 is 1.46 bits per heavy atom. The van der Waals surface area contributed by atoms with E-state index in [9.17, 15) is 14.7 Å². The zero-order valence-corrected chi connectivity index (χ0v) is 15.2. The van der Waals surface area contributed by atoms with Gasteiger partial charge in [-0.15, -0.1) is 0 Å². The lowest BCUT2D eigenvalue weighted by molar-refractivity contribution is -0.140. The van der Waals surface area contributed by atoms with Crippen LogP contribution >= 0.6 is 0 Å². The van der Waals surface area contributed by atoms with Crippen molar-refractivity contribution in [3.8, 4) is 0 Å². The molecule has 3 N–H and O–H groups in total. The number of rotatable bonds is 8. The van der Waals surface area contributed by atoms with Crippen molar-refractivity contribution in [2.45, 2.75) is 32.2 Å². The summed E-state index contributed by atoms with van der Waals surface area (Å²) in [5.74, 6) is -1.16. The number of carbonyl (C=O) groups is 2. The summed E-state index contributed by atoms with van der Waals surface area (Å²) in [6, 6.07) is 18.5. The Labute approximate surface area is 154 Å². The molecule has 0 fully saturated rings. The number of urea groups is 1. The monoisotopic (exact) mass is 354 g/mol. The minimum atomic E-state index is -1.02. The molecular formula is C21H26N2O3. The van der Waals surface area contributed by atoms with Crippen molar-refractivity contribution in [1.82, 2.24) is 10.6 Å². The van der Waals surface area contributed by atoms with E-state index in [0.29, 0.717) is 13.0 Å². The van der Waals surface area contributed by atoms with Crippen molar-refractivity contribution >= 4 is 12.0 Å². The summed E-state index contributed by atoms with van der Waals surface area (Å²) < 4.78 is 0. The van der Waals surface area contributed by atoms with Gasteiger partial charge in [0.15, 0.2) is 0 Å². The van der Waals surface area contributed by atoms with Gasteiger partial charge in [0.25, 0.3) is 0 Å². The normalized spacial score (nSPS) is 13.0. The summed E-state index contributed by atoms with van der Waals surface area (Å²) in [6.07, 6.45) is 0.675. The molecule has 0 aliphatic heterocycles. The molecule has 0 aliphatic carbocycles. The second-order valence-corrected chi connectivity index (χ2v) is 6.43. The predicted octanol–water partition coefficient (Wildman–Crippen LogP) is 3.62. The molecule has 138 valence electrons. The first-order valence-electron chi connectivity index (χ1n) is 8.90. The van der Waals surface area contributed by atoms with Crippen LogP contribution < -0.4 is 10.6 Å². The highest BCUT2D eigenvalue weighted by atomic mass is 16.4. The zero-order valence-electron chi connectivity index (χ0n) is 15.2. The van der Waals surface area contributed by atoms with Gasteiger partial charge in [-0.05, 0) is 17.0 Å². The smallest absolute Gasteiger partial charge is 0.326 e. The third-order valence-electron chi connectivity index (χ3n) is 4.64. The summed E-state index contributed by atoms with van der Waals surface area (Å²) in [4.78, 5) is 23.6. The van der Waals surface area contributed by atoms with Gasteiger partial charge in [0.05, 0.1) is 0 Å². The second kappa shape index (κ2) is 9.61. The average molecular weight is 354 g/mol. The van der Waals surface area contributed by atoms with Crippen LogP contribution in [0.3, 0.4) is 0 Å². The number of aliphatic carboxylic acids is 1. The van der Waals surface area contributed by atoms with Crippen LogP contribution in [0.5, 0.6) is 0 Å². The summed E-state index contributed by atoms with van der Waals surface area (Å²) in [6.45, 7) is 4.10. The highest BCUT2D eigenvalue weighted by Gasteiger charge is 2.25. The molecule has 0 saturated carbocycles. The van der Waals surface area contributed by atoms with E-state index in [1.54, 1.807) is 0 Å². The number of carboxylic acid groups (broad SMARTS) is 1. The fourth-order valence-electron chi connectivity index (χ4n) is 2.87. The largest absolute Gasteiger partial charge is 0.480 e. The zero-order chi connectivity index (χ0) is 18.9. The summed E-state index contributed by atoms with van der Waals surface area (Å²) in [5.41, 5.74) is 2.19. The molecule has 0 aromatic heterocycles. The molecule has 0 radical (unpaired) electrons. The number of hydrogen-bond acceptors (Lipinski definition) is 2. The summed E-state index contributed by atoms with van der Waals surface area (Å²) in [7, 11) is 0. The van der Waals surface area contributed by atoms with Crippen molar-refractivity contribution in [3.05, 3.63) is 71.8 Å². The maximum absolute atomic E-state index is 12.3. The third kappa shape index (κ3) is 5.34. The Morgan fingerprint density at radius 3 is 1.88 bits per heavy atom. The molecule has 2 rings (SSSR count). The molecule has 2 aromatic rings. The van der Waals surface area contributed by atoms with Gasteiger partial charge in [-0.2, -0.15) is 0 Å². The Morgan fingerprint density at radius 1 is 0.962 bits per heavy atom. The quantitative estimate of drug-likeness (QED) is 0.677. The van der Waals surface area contributed by atoms with E-state index in [0.717, 1.165) is 11.1 Å². The van der Waals surface area contributed by atoms with E-state index in [-0.39, 0.29) is 11.8 Å². The van der Waals surface area contributed by atoms with Gasteiger partial charge in [-0.3, -0.25) is 0 Å². The number of carboxylic acids is 1. The molecule has 26 heavy (non-hydrogen) atoms. The molecule has 0 heterocycles. The molecule has 2 amide bonds. The van der Waals surface area contributed by atoms with Crippen molar-refractivity contribution < 1.29 is 14.7 Å². The van der Waals surface area contributed by atoms with Gasteiger partial charge in [-0.25, -0.2) is 9.59 Å². The molecule has 2 aromatic carbocycles. The fourth-order valence-corrected chi connectivity index (χ4v) is 2.87. The Balaban J connectivity index is 2.07. The second-order valence-electron chi connectivity index (χ2n) is 6.43. The molecule has 5 heteroatoms. The van der Waals surface area contributed by atoms with Crippen LogP contribution in [0.15, 0.2) is 60.7 Å². The lowest BCUT2D eigenvalue weighted by atomic mass is 9.91. The van der Waals surface area contributed by atoms with Gasteiger partial charge in [0.2, 0.25) is 0 Å². The van der Waals surface area contributed by atoms with Gasteiger partial charge in [0.1, 0.15) is 6.04 Å². The minimum Gasteiger partial charge on any atom is -0.480 e. The average Bonchev–Trinajstić information content (AvgIpc) is 2.67. The number of carbonyl (C=O) groups excluding carboxylic acids is 1. The summed E-state index contributed by atoms with van der Waals surface area (Å²) >= 11 is 0. The number of amides is 2. The van der Waals surface area contributed by atoms with E-state index in [2.05, 4.69) is 10.6 Å². The van der Waals surface area contributed by atoms with Crippen LogP contribution in [0.25, 0.3) is 0 Å². The van der Waals surface area contributed by atoms with Crippen LogP contribution in [0.2, 0.25) is 0 Å². The molecule has 1 unspecified atom stereocenters. The van der Waals surface area contributed by atoms with E-state index in [4.69, 9.17) is 0 Å². The minimum absolute atomic E-state index is 0.00460. The van der Waals surface area contributed by atoms with E-state index < -0.39 is 18.0 Å². The Kier molecular flexibility index (Phi) is 7.21. The van der Waals surface area contributed by atoms with Crippen LogP contribution in [-0.4, -0.2) is 29.7 Å². The number of benzene rings is 2. The van der Waals surface area contributed by atoms with Gasteiger partial charge >= 0.3 is 12.0 Å². The van der Waals surface area contributed by atoms with Crippen LogP contribution in [-0.2, 0) is 4.79 Å². The highest BCUT2D eigenvalue weighted by Crippen LogP contribution is 2.23.